The van der Waals surface area contributed by atoms with Crippen molar-refractivity contribution >= 4 is 12.1 Å². The van der Waals surface area contributed by atoms with Gasteiger partial charge in [0.05, 0.1) is 5.92 Å². The van der Waals surface area contributed by atoms with E-state index in [9.17, 15) is 9.59 Å². The number of hydrogen-bond acceptors (Lipinski definition) is 4. The van der Waals surface area contributed by atoms with Crippen LogP contribution in [-0.2, 0) is 14.3 Å². The molecule has 2 aliphatic rings. The van der Waals surface area contributed by atoms with Crippen molar-refractivity contribution in [2.24, 2.45) is 17.8 Å². The Kier molecular flexibility index (Phi) is 6.75. The standard InChI is InChI=1S/C20H35NO4/c1-13(2)16-12-15(24-18(16)22)11-10-14-8-6-7-9-17(14)21-19(23)25-20(3,4)5/h13-17H,6-12H2,1-5H3,(H,21,23). The Labute approximate surface area is 152 Å². The second kappa shape index (κ2) is 8.41. The summed E-state index contributed by atoms with van der Waals surface area (Å²) in [6.07, 6.45) is 6.92. The van der Waals surface area contributed by atoms with Crippen LogP contribution in [0.25, 0.3) is 0 Å². The molecule has 0 radical (unpaired) electrons. The van der Waals surface area contributed by atoms with Crippen molar-refractivity contribution in [2.75, 3.05) is 0 Å². The topological polar surface area (TPSA) is 64.6 Å². The lowest BCUT2D eigenvalue weighted by Crippen LogP contribution is -2.44. The molecule has 1 aliphatic heterocycles. The third kappa shape index (κ3) is 6.19. The summed E-state index contributed by atoms with van der Waals surface area (Å²) < 4.78 is 11.0. The molecule has 0 aromatic rings. The van der Waals surface area contributed by atoms with E-state index in [4.69, 9.17) is 9.47 Å². The molecule has 1 heterocycles. The highest BCUT2D eigenvalue weighted by Gasteiger charge is 2.37. The van der Waals surface area contributed by atoms with Crippen LogP contribution in [0.2, 0.25) is 0 Å². The molecule has 25 heavy (non-hydrogen) atoms. The molecule has 1 saturated carbocycles. The van der Waals surface area contributed by atoms with Gasteiger partial charge in [0.15, 0.2) is 0 Å². The fourth-order valence-corrected chi connectivity index (χ4v) is 4.00. The van der Waals surface area contributed by atoms with Gasteiger partial charge in [-0.15, -0.1) is 0 Å². The van der Waals surface area contributed by atoms with Crippen LogP contribution >= 0.6 is 0 Å². The van der Waals surface area contributed by atoms with Crippen LogP contribution in [0, 0.1) is 17.8 Å². The first-order chi connectivity index (χ1) is 11.7. The van der Waals surface area contributed by atoms with Crippen LogP contribution in [0.5, 0.6) is 0 Å². The maximum absolute atomic E-state index is 12.1. The largest absolute Gasteiger partial charge is 0.462 e. The number of amides is 1. The Hall–Kier alpha value is -1.26. The smallest absolute Gasteiger partial charge is 0.407 e. The minimum atomic E-state index is -0.474. The maximum Gasteiger partial charge on any atom is 0.407 e. The number of rotatable bonds is 5. The van der Waals surface area contributed by atoms with Crippen molar-refractivity contribution in [3.8, 4) is 0 Å². The minimum Gasteiger partial charge on any atom is -0.462 e. The second-order valence-corrected chi connectivity index (χ2v) is 9.02. The summed E-state index contributed by atoms with van der Waals surface area (Å²) in [6, 6.07) is 0.168. The molecular formula is C20H35NO4. The molecule has 4 atom stereocenters. The first-order valence-corrected chi connectivity index (χ1v) is 9.85. The number of nitrogens with one attached hydrogen (secondary N) is 1. The third-order valence-electron chi connectivity index (χ3n) is 5.38. The molecule has 1 aliphatic carbocycles. The summed E-state index contributed by atoms with van der Waals surface area (Å²) in [4.78, 5) is 24.0. The lowest BCUT2D eigenvalue weighted by molar-refractivity contribution is -0.145. The van der Waals surface area contributed by atoms with E-state index in [0.29, 0.717) is 11.8 Å². The summed E-state index contributed by atoms with van der Waals surface area (Å²) >= 11 is 0. The molecule has 144 valence electrons. The number of carbonyl (C=O) groups is 2. The maximum atomic E-state index is 12.1. The van der Waals surface area contributed by atoms with Gasteiger partial charge in [-0.3, -0.25) is 4.79 Å². The van der Waals surface area contributed by atoms with Gasteiger partial charge in [0.25, 0.3) is 0 Å². The van der Waals surface area contributed by atoms with Gasteiger partial charge in [-0.05, 0) is 64.7 Å². The average Bonchev–Trinajstić information content (AvgIpc) is 2.85. The lowest BCUT2D eigenvalue weighted by Gasteiger charge is -2.33. The first kappa shape index (κ1) is 20.1. The molecular weight excluding hydrogens is 318 g/mol. The van der Waals surface area contributed by atoms with E-state index >= 15 is 0 Å². The highest BCUT2D eigenvalue weighted by atomic mass is 16.6. The Morgan fingerprint density at radius 2 is 1.92 bits per heavy atom. The molecule has 5 nitrogen and oxygen atoms in total. The van der Waals surface area contributed by atoms with Gasteiger partial charge >= 0.3 is 12.1 Å². The van der Waals surface area contributed by atoms with E-state index in [-0.39, 0.29) is 30.1 Å². The molecule has 0 bridgehead atoms. The van der Waals surface area contributed by atoms with Crippen molar-refractivity contribution < 1.29 is 19.1 Å². The Balaban J connectivity index is 1.83. The van der Waals surface area contributed by atoms with Crippen LogP contribution in [0.3, 0.4) is 0 Å². The predicted molar refractivity (Wildman–Crippen MR) is 97.2 cm³/mol. The highest BCUT2D eigenvalue weighted by Crippen LogP contribution is 2.34. The number of cyclic esters (lactones) is 1. The van der Waals surface area contributed by atoms with Crippen molar-refractivity contribution in [1.29, 1.82) is 0 Å². The number of hydrogen-bond donors (Lipinski definition) is 1. The number of carbonyl (C=O) groups excluding carboxylic acids is 2. The van der Waals surface area contributed by atoms with E-state index < -0.39 is 5.60 Å². The molecule has 5 heteroatoms. The van der Waals surface area contributed by atoms with Crippen molar-refractivity contribution in [3.05, 3.63) is 0 Å². The molecule has 2 fully saturated rings. The van der Waals surface area contributed by atoms with Gasteiger partial charge in [0.2, 0.25) is 0 Å². The van der Waals surface area contributed by atoms with E-state index in [0.717, 1.165) is 38.5 Å². The van der Waals surface area contributed by atoms with Gasteiger partial charge in [-0.25, -0.2) is 4.79 Å². The highest BCUT2D eigenvalue weighted by molar-refractivity contribution is 5.74. The Bertz CT molecular complexity index is 469. The van der Waals surface area contributed by atoms with Crippen LogP contribution in [0.15, 0.2) is 0 Å². The normalized spacial score (nSPS) is 30.2. The zero-order chi connectivity index (χ0) is 18.6. The fourth-order valence-electron chi connectivity index (χ4n) is 4.00. The monoisotopic (exact) mass is 353 g/mol. The molecule has 0 spiro atoms. The molecule has 1 saturated heterocycles. The van der Waals surface area contributed by atoms with E-state index in [2.05, 4.69) is 19.2 Å². The summed E-state index contributed by atoms with van der Waals surface area (Å²) in [6.45, 7) is 9.80. The number of esters is 1. The molecule has 2 rings (SSSR count). The lowest BCUT2D eigenvalue weighted by atomic mass is 9.80. The van der Waals surface area contributed by atoms with E-state index in [1.165, 1.54) is 6.42 Å². The summed E-state index contributed by atoms with van der Waals surface area (Å²) in [5.41, 5.74) is -0.474. The Morgan fingerprint density at radius 3 is 2.52 bits per heavy atom. The third-order valence-corrected chi connectivity index (χ3v) is 5.38. The van der Waals surface area contributed by atoms with Crippen LogP contribution in [0.1, 0.15) is 79.6 Å². The molecule has 0 aromatic heterocycles. The van der Waals surface area contributed by atoms with E-state index in [1.807, 2.05) is 20.8 Å². The quantitative estimate of drug-likeness (QED) is 0.742. The average molecular weight is 354 g/mol. The number of alkyl carbamates (subject to hydrolysis) is 1. The molecule has 4 unspecified atom stereocenters. The minimum absolute atomic E-state index is 0.0351. The second-order valence-electron chi connectivity index (χ2n) is 9.02. The van der Waals surface area contributed by atoms with Crippen molar-refractivity contribution in [1.82, 2.24) is 5.32 Å². The SMILES string of the molecule is CC(C)C1CC(CCC2CCCCC2NC(=O)OC(C)(C)C)OC1=O. The van der Waals surface area contributed by atoms with Gasteiger partial charge in [0.1, 0.15) is 11.7 Å². The molecule has 1 N–H and O–H groups in total. The van der Waals surface area contributed by atoms with Crippen LogP contribution in [0.4, 0.5) is 4.79 Å². The van der Waals surface area contributed by atoms with Crippen molar-refractivity contribution in [3.63, 3.8) is 0 Å². The zero-order valence-electron chi connectivity index (χ0n) is 16.5. The van der Waals surface area contributed by atoms with E-state index in [1.54, 1.807) is 0 Å². The summed E-state index contributed by atoms with van der Waals surface area (Å²) in [5, 5.41) is 3.07. The van der Waals surface area contributed by atoms with Crippen molar-refractivity contribution in [2.45, 2.75) is 97.3 Å². The summed E-state index contributed by atoms with van der Waals surface area (Å²) in [7, 11) is 0. The fraction of sp³-hybridized carbons (Fsp3) is 0.900. The molecule has 0 aromatic carbocycles. The predicted octanol–water partition coefficient (Wildman–Crippen LogP) is 4.44. The van der Waals surface area contributed by atoms with Crippen LogP contribution in [-0.4, -0.2) is 29.8 Å². The van der Waals surface area contributed by atoms with Gasteiger partial charge in [-0.1, -0.05) is 26.7 Å². The van der Waals surface area contributed by atoms with Gasteiger partial charge in [0, 0.05) is 6.04 Å². The Morgan fingerprint density at radius 1 is 1.24 bits per heavy atom. The van der Waals surface area contributed by atoms with Gasteiger partial charge in [-0.2, -0.15) is 0 Å². The first-order valence-electron chi connectivity index (χ1n) is 9.85. The number of ether oxygens (including phenoxy) is 2. The van der Waals surface area contributed by atoms with Gasteiger partial charge < -0.3 is 14.8 Å². The van der Waals surface area contributed by atoms with Crippen LogP contribution < -0.4 is 5.32 Å². The zero-order valence-corrected chi connectivity index (χ0v) is 16.5. The summed E-state index contributed by atoms with van der Waals surface area (Å²) in [5.74, 6) is 0.797. The molecule has 1 amide bonds.